The zero-order chi connectivity index (χ0) is 16.4. The van der Waals surface area contributed by atoms with Crippen molar-refractivity contribution in [2.75, 3.05) is 0 Å². The summed E-state index contributed by atoms with van der Waals surface area (Å²) in [6, 6.07) is 12.2. The average Bonchev–Trinajstić information content (AvgIpc) is 2.88. The molecule has 4 nitrogen and oxygen atoms in total. The van der Waals surface area contributed by atoms with Gasteiger partial charge in [-0.15, -0.1) is 11.3 Å². The van der Waals surface area contributed by atoms with E-state index in [1.165, 1.54) is 23.6 Å². The summed E-state index contributed by atoms with van der Waals surface area (Å²) in [6.45, 7) is 0. The smallest absolute Gasteiger partial charge is 0.283 e. The Labute approximate surface area is 146 Å². The molecule has 2 N–H and O–H groups in total. The van der Waals surface area contributed by atoms with Crippen molar-refractivity contribution in [3.8, 4) is 5.75 Å². The SMILES string of the molecule is O=C(N/N=C/c1ccc(O)c(Cl)c1)c1sc2ccccc2c1Cl. The zero-order valence-corrected chi connectivity index (χ0v) is 13.9. The van der Waals surface area contributed by atoms with Crippen molar-refractivity contribution in [1.82, 2.24) is 5.43 Å². The van der Waals surface area contributed by atoms with Crippen LogP contribution < -0.4 is 5.43 Å². The molecule has 0 aliphatic heterocycles. The second kappa shape index (κ2) is 6.58. The number of amides is 1. The lowest BCUT2D eigenvalue weighted by Crippen LogP contribution is -2.16. The van der Waals surface area contributed by atoms with Crippen LogP contribution in [-0.4, -0.2) is 17.2 Å². The highest BCUT2D eigenvalue weighted by Gasteiger charge is 2.16. The largest absolute Gasteiger partial charge is 0.506 e. The number of phenols is 1. The first kappa shape index (κ1) is 15.8. The minimum absolute atomic E-state index is 0.00934. The van der Waals surface area contributed by atoms with E-state index >= 15 is 0 Å². The number of carbonyl (C=O) groups is 1. The highest BCUT2D eigenvalue weighted by molar-refractivity contribution is 7.21. The maximum atomic E-state index is 12.2. The number of phenolic OH excluding ortho intramolecular Hbond substituents is 1. The van der Waals surface area contributed by atoms with E-state index in [1.807, 2.05) is 24.3 Å². The quantitative estimate of drug-likeness (QED) is 0.523. The standard InChI is InChI=1S/C16H10Cl2N2O2S/c17-11-7-9(5-6-12(11)21)8-19-20-16(22)15-14(18)10-3-1-2-4-13(10)23-15/h1-8,21H,(H,20,22)/b19-8+. The third kappa shape index (κ3) is 3.32. The van der Waals surface area contributed by atoms with E-state index < -0.39 is 0 Å². The number of hydrogen-bond acceptors (Lipinski definition) is 4. The van der Waals surface area contributed by atoms with Gasteiger partial charge in [-0.3, -0.25) is 4.79 Å². The first-order chi connectivity index (χ1) is 11.1. The molecule has 0 atom stereocenters. The Kier molecular flexibility index (Phi) is 4.52. The Bertz CT molecular complexity index is 922. The highest BCUT2D eigenvalue weighted by atomic mass is 35.5. The molecule has 0 aliphatic rings. The molecule has 7 heteroatoms. The molecular weight excluding hydrogens is 355 g/mol. The van der Waals surface area contributed by atoms with Gasteiger partial charge in [-0.05, 0) is 29.8 Å². The van der Waals surface area contributed by atoms with E-state index in [9.17, 15) is 9.90 Å². The molecule has 0 saturated carbocycles. The minimum Gasteiger partial charge on any atom is -0.506 e. The van der Waals surface area contributed by atoms with Crippen LogP contribution in [0.15, 0.2) is 47.6 Å². The van der Waals surface area contributed by atoms with Crippen molar-refractivity contribution in [3.63, 3.8) is 0 Å². The highest BCUT2D eigenvalue weighted by Crippen LogP contribution is 2.34. The molecule has 1 amide bonds. The van der Waals surface area contributed by atoms with E-state index in [0.717, 1.165) is 10.1 Å². The summed E-state index contributed by atoms with van der Waals surface area (Å²) in [5.41, 5.74) is 3.08. The lowest BCUT2D eigenvalue weighted by molar-refractivity contribution is 0.0959. The summed E-state index contributed by atoms with van der Waals surface area (Å²) in [5, 5.41) is 14.7. The fourth-order valence-corrected chi connectivity index (χ4v) is 3.58. The van der Waals surface area contributed by atoms with E-state index in [1.54, 1.807) is 12.1 Å². The molecule has 3 aromatic rings. The molecule has 116 valence electrons. The number of carbonyl (C=O) groups excluding carboxylic acids is 1. The van der Waals surface area contributed by atoms with E-state index in [-0.39, 0.29) is 16.7 Å². The Hall–Kier alpha value is -2.08. The van der Waals surface area contributed by atoms with Crippen LogP contribution in [0.3, 0.4) is 0 Å². The maximum absolute atomic E-state index is 12.2. The Morgan fingerprint density at radius 3 is 2.74 bits per heavy atom. The first-order valence-corrected chi connectivity index (χ1v) is 8.12. The van der Waals surface area contributed by atoms with Gasteiger partial charge in [0, 0.05) is 10.1 Å². The number of thiophene rings is 1. The van der Waals surface area contributed by atoms with Crippen molar-refractivity contribution in [3.05, 3.63) is 63.0 Å². The molecule has 0 radical (unpaired) electrons. The monoisotopic (exact) mass is 364 g/mol. The van der Waals surface area contributed by atoms with Gasteiger partial charge >= 0.3 is 0 Å². The Morgan fingerprint density at radius 2 is 2.00 bits per heavy atom. The third-order valence-corrected chi connectivity index (χ3v) is 5.07. The van der Waals surface area contributed by atoms with Crippen LogP contribution in [0.5, 0.6) is 5.75 Å². The van der Waals surface area contributed by atoms with Crippen LogP contribution in [0.4, 0.5) is 0 Å². The topological polar surface area (TPSA) is 61.7 Å². The number of rotatable bonds is 3. The van der Waals surface area contributed by atoms with Crippen molar-refractivity contribution in [1.29, 1.82) is 0 Å². The maximum Gasteiger partial charge on any atom is 0.283 e. The second-order valence-electron chi connectivity index (χ2n) is 4.65. The van der Waals surface area contributed by atoms with Crippen LogP contribution >= 0.6 is 34.5 Å². The van der Waals surface area contributed by atoms with Gasteiger partial charge in [-0.1, -0.05) is 41.4 Å². The van der Waals surface area contributed by atoms with Crippen LogP contribution in [0, 0.1) is 0 Å². The molecule has 0 bridgehead atoms. The first-order valence-electron chi connectivity index (χ1n) is 6.55. The summed E-state index contributed by atoms with van der Waals surface area (Å²) in [7, 11) is 0. The van der Waals surface area contributed by atoms with Gasteiger partial charge in [-0.25, -0.2) is 5.43 Å². The number of halogens is 2. The van der Waals surface area contributed by atoms with Crippen molar-refractivity contribution < 1.29 is 9.90 Å². The molecule has 0 spiro atoms. The Morgan fingerprint density at radius 1 is 1.22 bits per heavy atom. The number of nitrogens with zero attached hydrogens (tertiary/aromatic N) is 1. The van der Waals surface area contributed by atoms with Gasteiger partial charge in [0.15, 0.2) is 0 Å². The molecule has 3 rings (SSSR count). The number of fused-ring (bicyclic) bond motifs is 1. The molecule has 1 aromatic heterocycles. The molecule has 0 saturated heterocycles. The summed E-state index contributed by atoms with van der Waals surface area (Å²) < 4.78 is 0.942. The summed E-state index contributed by atoms with van der Waals surface area (Å²) in [6.07, 6.45) is 1.43. The average molecular weight is 365 g/mol. The summed E-state index contributed by atoms with van der Waals surface area (Å²) in [5.74, 6) is -0.387. The molecule has 2 aromatic carbocycles. The predicted molar refractivity (Wildman–Crippen MR) is 95.0 cm³/mol. The zero-order valence-electron chi connectivity index (χ0n) is 11.6. The molecular formula is C16H10Cl2N2O2S. The van der Waals surface area contributed by atoms with Gasteiger partial charge in [-0.2, -0.15) is 5.10 Å². The fraction of sp³-hybridized carbons (Fsp3) is 0. The van der Waals surface area contributed by atoms with Crippen molar-refractivity contribution in [2.45, 2.75) is 0 Å². The number of aromatic hydroxyl groups is 1. The van der Waals surface area contributed by atoms with E-state index in [2.05, 4.69) is 10.5 Å². The van der Waals surface area contributed by atoms with Gasteiger partial charge in [0.05, 0.1) is 16.3 Å². The van der Waals surface area contributed by atoms with Crippen LogP contribution in [0.25, 0.3) is 10.1 Å². The molecule has 23 heavy (non-hydrogen) atoms. The number of benzene rings is 2. The van der Waals surface area contributed by atoms with Crippen molar-refractivity contribution >= 4 is 56.7 Å². The predicted octanol–water partition coefficient (Wildman–Crippen LogP) is 4.68. The van der Waals surface area contributed by atoms with Gasteiger partial charge in [0.25, 0.3) is 5.91 Å². The Balaban J connectivity index is 1.77. The van der Waals surface area contributed by atoms with Crippen LogP contribution in [0.2, 0.25) is 10.0 Å². The van der Waals surface area contributed by atoms with Crippen LogP contribution in [-0.2, 0) is 0 Å². The summed E-state index contributed by atoms with van der Waals surface area (Å²) in [4.78, 5) is 12.6. The fourth-order valence-electron chi connectivity index (χ4n) is 1.98. The lowest BCUT2D eigenvalue weighted by atomic mass is 10.2. The number of hydrazone groups is 1. The lowest BCUT2D eigenvalue weighted by Gasteiger charge is -1.99. The minimum atomic E-state index is -0.377. The second-order valence-corrected chi connectivity index (χ2v) is 6.49. The molecule has 0 fully saturated rings. The van der Waals surface area contributed by atoms with Crippen molar-refractivity contribution in [2.24, 2.45) is 5.10 Å². The third-order valence-electron chi connectivity index (χ3n) is 3.09. The van der Waals surface area contributed by atoms with Gasteiger partial charge < -0.3 is 5.11 Å². The van der Waals surface area contributed by atoms with Crippen LogP contribution in [0.1, 0.15) is 15.2 Å². The van der Waals surface area contributed by atoms with Gasteiger partial charge in [0.1, 0.15) is 10.6 Å². The summed E-state index contributed by atoms with van der Waals surface area (Å²) >= 11 is 13.4. The molecule has 1 heterocycles. The van der Waals surface area contributed by atoms with Gasteiger partial charge in [0.2, 0.25) is 0 Å². The molecule has 0 unspecified atom stereocenters. The van der Waals surface area contributed by atoms with E-state index in [0.29, 0.717) is 15.5 Å². The number of nitrogens with one attached hydrogen (secondary N) is 1. The number of hydrogen-bond donors (Lipinski definition) is 2. The van der Waals surface area contributed by atoms with E-state index in [4.69, 9.17) is 23.2 Å². The normalized spacial score (nSPS) is 11.2. The molecule has 0 aliphatic carbocycles.